The van der Waals surface area contributed by atoms with Crippen LogP contribution in [-0.2, 0) is 22.1 Å². The van der Waals surface area contributed by atoms with Crippen LogP contribution in [0.25, 0.3) is 22.2 Å². The van der Waals surface area contributed by atoms with Crippen LogP contribution in [0.3, 0.4) is 0 Å². The number of halogens is 8. The van der Waals surface area contributed by atoms with Crippen molar-refractivity contribution >= 4 is 28.5 Å². The first-order valence-corrected chi connectivity index (χ1v) is 14.3. The van der Waals surface area contributed by atoms with Crippen LogP contribution >= 0.6 is 0 Å². The van der Waals surface area contributed by atoms with E-state index in [1.807, 2.05) is 5.32 Å². The van der Waals surface area contributed by atoms with E-state index < -0.39 is 83.5 Å². The van der Waals surface area contributed by atoms with Gasteiger partial charge in [0.05, 0.1) is 30.0 Å². The Labute approximate surface area is 267 Å². The van der Waals surface area contributed by atoms with Gasteiger partial charge in [0.25, 0.3) is 5.91 Å². The standard InChI is InChI=1S/C32H26F8N4O4/c1-15-10-21(31(35,36)37)28(42-16(15)2)20-6-5-17(19-4-3-7-41-27(19)20)11-24(30(46)47)43-29(45)26-22(33)12-18(13-23(26)34)44-8-9-48-14-25(44)32(38,39)40/h3-7,10,12-13,24-25H,8-9,11,14H2,1-2H3,(H,43,45)(H,46,47)/t24-,25+/m0/s1. The fourth-order valence-corrected chi connectivity index (χ4v) is 5.50. The van der Waals surface area contributed by atoms with Crippen LogP contribution in [0.4, 0.5) is 40.8 Å². The molecule has 48 heavy (non-hydrogen) atoms. The lowest BCUT2D eigenvalue weighted by Gasteiger charge is -2.38. The molecule has 0 aliphatic carbocycles. The van der Waals surface area contributed by atoms with E-state index >= 15 is 8.78 Å². The molecule has 2 atom stereocenters. The number of fused-ring (bicyclic) bond motifs is 1. The number of aromatic nitrogens is 2. The van der Waals surface area contributed by atoms with Crippen molar-refractivity contribution in [2.45, 2.75) is 44.7 Å². The van der Waals surface area contributed by atoms with Gasteiger partial charge in [0.2, 0.25) is 0 Å². The lowest BCUT2D eigenvalue weighted by molar-refractivity contribution is -0.167. The number of carbonyl (C=O) groups excluding carboxylic acids is 1. The first kappa shape index (κ1) is 34.5. The maximum absolute atomic E-state index is 15.1. The molecule has 0 radical (unpaired) electrons. The number of pyridine rings is 2. The van der Waals surface area contributed by atoms with Crippen LogP contribution in [0.15, 0.2) is 48.7 Å². The molecule has 0 spiro atoms. The lowest BCUT2D eigenvalue weighted by atomic mass is 9.94. The molecule has 0 saturated carbocycles. The molecule has 2 aromatic carbocycles. The van der Waals surface area contributed by atoms with Gasteiger partial charge in [-0.1, -0.05) is 18.2 Å². The molecule has 5 rings (SSSR count). The number of alkyl halides is 6. The first-order chi connectivity index (χ1) is 22.5. The van der Waals surface area contributed by atoms with E-state index in [1.54, 1.807) is 6.92 Å². The number of morpholine rings is 1. The summed E-state index contributed by atoms with van der Waals surface area (Å²) in [6.07, 6.45) is -8.71. The number of amides is 1. The molecule has 2 N–H and O–H groups in total. The highest BCUT2D eigenvalue weighted by atomic mass is 19.4. The summed E-state index contributed by atoms with van der Waals surface area (Å²) < 4.78 is 118. The molecule has 3 heterocycles. The molecule has 254 valence electrons. The van der Waals surface area contributed by atoms with Gasteiger partial charge in [-0.15, -0.1) is 0 Å². The molecule has 0 bridgehead atoms. The van der Waals surface area contributed by atoms with Crippen LogP contribution in [0.5, 0.6) is 0 Å². The number of anilines is 1. The van der Waals surface area contributed by atoms with Crippen molar-refractivity contribution in [2.75, 3.05) is 24.7 Å². The van der Waals surface area contributed by atoms with E-state index in [4.69, 9.17) is 4.74 Å². The number of hydrogen-bond donors (Lipinski definition) is 2. The number of hydrogen-bond acceptors (Lipinski definition) is 6. The molecule has 8 nitrogen and oxygen atoms in total. The van der Waals surface area contributed by atoms with Crippen molar-refractivity contribution in [1.29, 1.82) is 0 Å². The number of benzene rings is 2. The molecule has 1 amide bonds. The summed E-state index contributed by atoms with van der Waals surface area (Å²) in [7, 11) is 0. The first-order valence-electron chi connectivity index (χ1n) is 14.3. The molecule has 4 aromatic rings. The van der Waals surface area contributed by atoms with Crippen LogP contribution in [0.2, 0.25) is 0 Å². The largest absolute Gasteiger partial charge is 0.480 e. The number of carbonyl (C=O) groups is 2. The van der Waals surface area contributed by atoms with Crippen LogP contribution in [-0.4, -0.2) is 65.0 Å². The summed E-state index contributed by atoms with van der Waals surface area (Å²) in [5.41, 5.74) is -2.16. The predicted octanol–water partition coefficient (Wildman–Crippen LogP) is 6.40. The number of aliphatic carboxylic acids is 1. The zero-order chi connectivity index (χ0) is 35.1. The number of carboxylic acid groups (broad SMARTS) is 1. The summed E-state index contributed by atoms with van der Waals surface area (Å²) in [6, 6.07) is 3.64. The summed E-state index contributed by atoms with van der Waals surface area (Å²) >= 11 is 0. The molecule has 2 aromatic heterocycles. The second-order valence-electron chi connectivity index (χ2n) is 11.1. The quantitative estimate of drug-likeness (QED) is 0.218. The van der Waals surface area contributed by atoms with Crippen molar-refractivity contribution in [3.05, 3.63) is 88.2 Å². The number of aryl methyl sites for hydroxylation is 2. The number of carboxylic acids is 1. The van der Waals surface area contributed by atoms with Crippen LogP contribution in [0.1, 0.15) is 32.7 Å². The van der Waals surface area contributed by atoms with E-state index in [2.05, 4.69) is 9.97 Å². The van der Waals surface area contributed by atoms with Gasteiger partial charge in [-0.25, -0.2) is 13.6 Å². The monoisotopic (exact) mass is 682 g/mol. The van der Waals surface area contributed by atoms with Crippen molar-refractivity contribution in [3.63, 3.8) is 0 Å². The Balaban J connectivity index is 1.46. The lowest BCUT2D eigenvalue weighted by Crippen LogP contribution is -2.53. The normalized spacial score (nSPS) is 16.2. The smallest absolute Gasteiger partial charge is 0.418 e. The average molecular weight is 683 g/mol. The topological polar surface area (TPSA) is 105 Å². The molecule has 1 aliphatic heterocycles. The molecular formula is C32H26F8N4O4. The maximum Gasteiger partial charge on any atom is 0.418 e. The van der Waals surface area contributed by atoms with Crippen LogP contribution in [0, 0.1) is 25.5 Å². The summed E-state index contributed by atoms with van der Waals surface area (Å²) in [6.45, 7) is 1.78. The molecule has 1 aliphatic rings. The number of nitrogens with zero attached hydrogens (tertiary/aromatic N) is 3. The maximum atomic E-state index is 15.1. The molecule has 1 saturated heterocycles. The van der Waals surface area contributed by atoms with E-state index in [9.17, 15) is 41.0 Å². The van der Waals surface area contributed by atoms with E-state index in [1.165, 1.54) is 37.4 Å². The average Bonchev–Trinajstić information content (AvgIpc) is 3.00. The van der Waals surface area contributed by atoms with Gasteiger partial charge < -0.3 is 20.1 Å². The van der Waals surface area contributed by atoms with Gasteiger partial charge in [-0.05, 0) is 49.2 Å². The van der Waals surface area contributed by atoms with Crippen LogP contribution < -0.4 is 10.2 Å². The van der Waals surface area contributed by atoms with Gasteiger partial charge in [-0.2, -0.15) is 26.3 Å². The molecule has 1 fully saturated rings. The number of rotatable bonds is 7. The predicted molar refractivity (Wildman–Crippen MR) is 156 cm³/mol. The molecular weight excluding hydrogens is 656 g/mol. The zero-order valence-corrected chi connectivity index (χ0v) is 25.1. The minimum absolute atomic E-state index is 0.0120. The minimum atomic E-state index is -4.79. The van der Waals surface area contributed by atoms with E-state index in [-0.39, 0.29) is 35.2 Å². The summed E-state index contributed by atoms with van der Waals surface area (Å²) in [5, 5.41) is 12.2. The third kappa shape index (κ3) is 6.88. The minimum Gasteiger partial charge on any atom is -0.480 e. The van der Waals surface area contributed by atoms with Crippen molar-refractivity contribution in [1.82, 2.24) is 15.3 Å². The van der Waals surface area contributed by atoms with E-state index in [0.29, 0.717) is 28.3 Å². The summed E-state index contributed by atoms with van der Waals surface area (Å²) in [4.78, 5) is 34.3. The second kappa shape index (κ2) is 13.0. The molecule has 16 heteroatoms. The van der Waals surface area contributed by atoms with Crippen molar-refractivity contribution in [3.8, 4) is 11.3 Å². The fraction of sp³-hybridized carbons (Fsp3) is 0.312. The van der Waals surface area contributed by atoms with Gasteiger partial charge in [0.15, 0.2) is 0 Å². The fourth-order valence-electron chi connectivity index (χ4n) is 5.50. The third-order valence-electron chi connectivity index (χ3n) is 8.01. The third-order valence-corrected chi connectivity index (χ3v) is 8.01. The van der Waals surface area contributed by atoms with Gasteiger partial charge >= 0.3 is 18.3 Å². The number of nitrogens with one attached hydrogen (secondary N) is 1. The Kier molecular flexibility index (Phi) is 9.32. The zero-order valence-electron chi connectivity index (χ0n) is 25.1. The van der Waals surface area contributed by atoms with Gasteiger partial charge in [-0.3, -0.25) is 14.8 Å². The Hall–Kier alpha value is -4.86. The van der Waals surface area contributed by atoms with Crippen molar-refractivity contribution < 1.29 is 54.6 Å². The summed E-state index contributed by atoms with van der Waals surface area (Å²) in [5.74, 6) is -6.16. The Morgan fingerprint density at radius 2 is 1.75 bits per heavy atom. The van der Waals surface area contributed by atoms with Gasteiger partial charge in [0, 0.05) is 41.5 Å². The number of ether oxygens (including phenoxy) is 1. The molecule has 0 unspecified atom stereocenters. The Morgan fingerprint density at radius 3 is 2.38 bits per heavy atom. The Morgan fingerprint density at radius 1 is 1.06 bits per heavy atom. The van der Waals surface area contributed by atoms with Crippen molar-refractivity contribution in [2.24, 2.45) is 0 Å². The second-order valence-corrected chi connectivity index (χ2v) is 11.1. The highest BCUT2D eigenvalue weighted by Gasteiger charge is 2.46. The Bertz CT molecular complexity index is 1870. The highest BCUT2D eigenvalue weighted by Crippen LogP contribution is 2.40. The SMILES string of the molecule is Cc1cc(C(F)(F)F)c(-c2ccc(C[C@H](NC(=O)c3c(F)cc(N4CCOC[C@@H]4C(F)(F)F)cc3F)C(=O)O)c3cccnc23)nc1C. The highest BCUT2D eigenvalue weighted by molar-refractivity contribution is 5.98. The van der Waals surface area contributed by atoms with Gasteiger partial charge in [0.1, 0.15) is 29.3 Å². The van der Waals surface area contributed by atoms with E-state index in [0.717, 1.165) is 6.07 Å².